The summed E-state index contributed by atoms with van der Waals surface area (Å²) in [6.07, 6.45) is 17.9. The van der Waals surface area contributed by atoms with Gasteiger partial charge in [0.15, 0.2) is 11.8 Å². The number of ether oxygens (including phenoxy) is 2. The summed E-state index contributed by atoms with van der Waals surface area (Å²) in [5.41, 5.74) is 2.32. The minimum absolute atomic E-state index is 0.0354. The summed E-state index contributed by atoms with van der Waals surface area (Å²) in [5, 5.41) is 9.63. The number of sulfonamides is 1. The van der Waals surface area contributed by atoms with E-state index in [2.05, 4.69) is 17.0 Å². The Morgan fingerprint density at radius 3 is 1.84 bits per heavy atom. The molecule has 4 amide bonds. The van der Waals surface area contributed by atoms with Crippen LogP contribution in [-0.4, -0.2) is 79.1 Å². The second-order valence-corrected chi connectivity index (χ2v) is 21.9. The number of nitrogens with one attached hydrogen (secondary N) is 2. The van der Waals surface area contributed by atoms with E-state index in [-0.39, 0.29) is 46.8 Å². The Labute approximate surface area is 460 Å². The number of urea groups is 1. The lowest BCUT2D eigenvalue weighted by Gasteiger charge is -2.30. The van der Waals surface area contributed by atoms with Crippen LogP contribution in [0.25, 0.3) is 0 Å². The van der Waals surface area contributed by atoms with E-state index in [1.807, 2.05) is 54.6 Å². The molecule has 5 aromatic carbocycles. The van der Waals surface area contributed by atoms with Crippen LogP contribution >= 0.6 is 11.6 Å². The first-order valence-corrected chi connectivity index (χ1v) is 29.5. The summed E-state index contributed by atoms with van der Waals surface area (Å²) in [6.45, 7) is 5.94. The normalized spacial score (nSPS) is 16.9. The van der Waals surface area contributed by atoms with Crippen LogP contribution in [-0.2, 0) is 35.7 Å². The maximum absolute atomic E-state index is 15.8. The quantitative estimate of drug-likeness (QED) is 0.0242. The first-order chi connectivity index (χ1) is 37.4. The molecule has 2 aliphatic rings. The summed E-state index contributed by atoms with van der Waals surface area (Å²) in [7, 11) is -4.35. The Hall–Kier alpha value is -6.55. The molecule has 5 aromatic rings. The van der Waals surface area contributed by atoms with Crippen LogP contribution in [0.1, 0.15) is 135 Å². The number of amides is 4. The molecule has 4 unspecified atom stereocenters. The number of ketones is 1. The molecule has 0 spiro atoms. The van der Waals surface area contributed by atoms with E-state index in [9.17, 15) is 18.0 Å². The number of hydrogen-bond donors (Lipinski definition) is 2. The molecule has 1 saturated heterocycles. The molecule has 77 heavy (non-hydrogen) atoms. The van der Waals surface area contributed by atoms with Gasteiger partial charge in [0.25, 0.3) is 21.8 Å². The van der Waals surface area contributed by atoms with Crippen LogP contribution in [0.15, 0.2) is 143 Å². The Balaban J connectivity index is 1.15. The average Bonchev–Trinajstić information content (AvgIpc) is 3.90. The van der Waals surface area contributed by atoms with Gasteiger partial charge >= 0.3 is 6.03 Å². The predicted molar refractivity (Wildman–Crippen MR) is 306 cm³/mol. The van der Waals surface area contributed by atoms with Gasteiger partial charge in [0, 0.05) is 6.61 Å². The number of nitrogens with zero attached hydrogens (tertiary/aromatic N) is 4. The molecular weight excluding hydrogens is 1010 g/mol. The fraction of sp³-hybridized carbons (Fsp3) is 0.426. The molecule has 14 nitrogen and oxygen atoms in total. The number of unbranched alkanes of at least 4 members (excludes halogenated alkanes) is 15. The van der Waals surface area contributed by atoms with E-state index in [0.717, 1.165) is 19.3 Å². The van der Waals surface area contributed by atoms with Crippen molar-refractivity contribution in [2.45, 2.75) is 153 Å². The zero-order valence-electron chi connectivity index (χ0n) is 44.8. The molecule has 16 heteroatoms. The first kappa shape index (κ1) is 58.1. The molecule has 0 saturated carbocycles. The molecule has 0 aliphatic carbocycles. The topological polar surface area (TPSA) is 167 Å². The molecule has 7 rings (SSSR count). The molecule has 2 aliphatic heterocycles. The number of carbonyl (C=O) groups is 4. The minimum Gasteiger partial charge on any atom is -0.491 e. The van der Waals surface area contributed by atoms with Gasteiger partial charge in [-0.15, -0.1) is 0 Å². The van der Waals surface area contributed by atoms with Gasteiger partial charge in [0.05, 0.1) is 57.8 Å². The SMILES string of the molecule is CCCCCCCCCCCCCCCCCCOc1ccc(S(=O)(=O)Nc2ccccc2Cl)cc1NC(=O)C(C(=O)C1C(c2ccccc2)=NN(c2ccccc2)C1C)N1C(=O)C(OCC)N(Cc2ccccc2)C1=O. The van der Waals surface area contributed by atoms with Gasteiger partial charge in [0.2, 0.25) is 6.23 Å². The lowest BCUT2D eigenvalue weighted by atomic mass is 9.84. The first-order valence-electron chi connectivity index (χ1n) is 27.6. The molecule has 410 valence electrons. The highest BCUT2D eigenvalue weighted by molar-refractivity contribution is 7.92. The fourth-order valence-corrected chi connectivity index (χ4v) is 11.4. The zero-order valence-corrected chi connectivity index (χ0v) is 46.4. The molecule has 2 N–H and O–H groups in total. The highest BCUT2D eigenvalue weighted by atomic mass is 35.5. The number of hydrazone groups is 1. The Morgan fingerprint density at radius 1 is 0.688 bits per heavy atom. The van der Waals surface area contributed by atoms with Crippen LogP contribution in [0, 0.1) is 5.92 Å². The molecule has 0 radical (unpaired) electrons. The second-order valence-electron chi connectivity index (χ2n) is 19.9. The van der Waals surface area contributed by atoms with Crippen LogP contribution in [0.5, 0.6) is 5.75 Å². The van der Waals surface area contributed by atoms with E-state index in [1.54, 1.807) is 73.5 Å². The smallest absolute Gasteiger partial charge is 0.330 e. The number of anilines is 3. The van der Waals surface area contributed by atoms with Crippen molar-refractivity contribution >= 4 is 68.0 Å². The number of Topliss-reactive ketones (excluding diaryl/α,β-unsaturated/α-hetero) is 1. The van der Waals surface area contributed by atoms with Crippen molar-refractivity contribution in [3.8, 4) is 5.75 Å². The van der Waals surface area contributed by atoms with Crippen molar-refractivity contribution < 1.29 is 37.1 Å². The van der Waals surface area contributed by atoms with Crippen LogP contribution < -0.4 is 19.8 Å². The molecule has 4 atom stereocenters. The van der Waals surface area contributed by atoms with Crippen molar-refractivity contribution in [2.75, 3.05) is 28.3 Å². The van der Waals surface area contributed by atoms with Gasteiger partial charge in [-0.2, -0.15) is 5.10 Å². The second kappa shape index (κ2) is 29.3. The van der Waals surface area contributed by atoms with Crippen LogP contribution in [0.4, 0.5) is 21.9 Å². The minimum atomic E-state index is -4.35. The van der Waals surface area contributed by atoms with Gasteiger partial charge in [-0.25, -0.2) is 18.1 Å². The largest absolute Gasteiger partial charge is 0.491 e. The van der Waals surface area contributed by atoms with Crippen LogP contribution in [0.2, 0.25) is 5.02 Å². The van der Waals surface area contributed by atoms with E-state index in [0.29, 0.717) is 33.8 Å². The van der Waals surface area contributed by atoms with Gasteiger partial charge in [-0.05, 0) is 73.9 Å². The molecule has 0 aromatic heterocycles. The van der Waals surface area contributed by atoms with Crippen LogP contribution in [0.3, 0.4) is 0 Å². The lowest BCUT2D eigenvalue weighted by Crippen LogP contribution is -2.56. The fourth-order valence-electron chi connectivity index (χ4n) is 10.0. The molecule has 1 fully saturated rings. The highest BCUT2D eigenvalue weighted by Gasteiger charge is 2.56. The third-order valence-electron chi connectivity index (χ3n) is 14.1. The van der Waals surface area contributed by atoms with Crippen molar-refractivity contribution in [3.05, 3.63) is 150 Å². The van der Waals surface area contributed by atoms with Crippen molar-refractivity contribution in [1.29, 1.82) is 0 Å². The van der Waals surface area contributed by atoms with Crippen molar-refractivity contribution in [1.82, 2.24) is 9.80 Å². The number of rotatable bonds is 32. The predicted octanol–water partition coefficient (Wildman–Crippen LogP) is 13.4. The monoisotopic (exact) mass is 1090 g/mol. The van der Waals surface area contributed by atoms with Gasteiger partial charge in [0.1, 0.15) is 5.75 Å². The summed E-state index contributed by atoms with van der Waals surface area (Å²) in [6, 6.07) is 34.0. The average molecular weight is 1090 g/mol. The molecule has 0 bridgehead atoms. The molecule has 2 heterocycles. The summed E-state index contributed by atoms with van der Waals surface area (Å²) in [4.78, 5) is 62.7. The lowest BCUT2D eigenvalue weighted by molar-refractivity contribution is -0.148. The Bertz CT molecular complexity index is 2860. The molecular formula is C61H75ClN6O8S. The number of imide groups is 1. The van der Waals surface area contributed by atoms with E-state index in [1.165, 1.54) is 106 Å². The number of hydrogen-bond acceptors (Lipinski definition) is 10. The highest BCUT2D eigenvalue weighted by Crippen LogP contribution is 2.36. The Morgan fingerprint density at radius 2 is 1.25 bits per heavy atom. The standard InChI is InChI=1S/C61H75ClN6O8S/c1-4-6-7-8-9-10-11-12-13-14-15-16-17-18-19-31-42-76-53-41-40-49(77(73,74)65-51-39-30-29-38-50(51)62)43-52(53)63-58(70)56(67-59(71)60(75-5-2)66(61(67)72)44-46-32-23-20-24-33-46)57(69)54-45(3)68(48-36-27-22-28-37-48)64-55(54)47-34-25-21-26-35-47/h20-30,32-41,43,45,54,56,60,65H,4-19,31,42,44H2,1-3H3,(H,63,70). The maximum atomic E-state index is 15.8. The van der Waals surface area contributed by atoms with E-state index in [4.69, 9.17) is 26.2 Å². The third-order valence-corrected chi connectivity index (χ3v) is 15.8. The zero-order chi connectivity index (χ0) is 54.6. The van der Waals surface area contributed by atoms with Gasteiger partial charge in [-0.3, -0.25) is 29.0 Å². The van der Waals surface area contributed by atoms with Gasteiger partial charge in [-0.1, -0.05) is 206 Å². The summed E-state index contributed by atoms with van der Waals surface area (Å²) >= 11 is 6.38. The summed E-state index contributed by atoms with van der Waals surface area (Å²) in [5.74, 6) is -3.83. The Kier molecular flexibility index (Phi) is 22.1. The third kappa shape index (κ3) is 15.6. The summed E-state index contributed by atoms with van der Waals surface area (Å²) < 4.78 is 42.9. The number of benzene rings is 5. The van der Waals surface area contributed by atoms with Crippen molar-refractivity contribution in [3.63, 3.8) is 0 Å². The van der Waals surface area contributed by atoms with Crippen molar-refractivity contribution in [2.24, 2.45) is 11.0 Å². The van der Waals surface area contributed by atoms with E-state index >= 15 is 9.59 Å². The van der Waals surface area contributed by atoms with Gasteiger partial charge < -0.3 is 14.8 Å². The number of para-hydroxylation sites is 2. The van der Waals surface area contributed by atoms with E-state index < -0.39 is 57.9 Å². The number of halogens is 1. The maximum Gasteiger partial charge on any atom is 0.330 e. The number of carbonyl (C=O) groups excluding carboxylic acids is 4.